The van der Waals surface area contributed by atoms with Gasteiger partial charge in [0.15, 0.2) is 5.78 Å². The molecule has 2 saturated carbocycles. The van der Waals surface area contributed by atoms with E-state index in [1.54, 1.807) is 0 Å². The molecule has 4 heteroatoms. The number of hydrogen-bond donors (Lipinski definition) is 3. The maximum absolute atomic E-state index is 12.7. The molecule has 0 aliphatic heterocycles. The molecule has 0 bridgehead atoms. The summed E-state index contributed by atoms with van der Waals surface area (Å²) in [5.41, 5.74) is 0.541. The lowest BCUT2D eigenvalue weighted by Gasteiger charge is -2.54. The van der Waals surface area contributed by atoms with Gasteiger partial charge in [0, 0.05) is 10.8 Å². The number of hydrogen-bond acceptors (Lipinski definition) is 4. The molecule has 148 valence electrons. The molecule has 3 unspecified atom stereocenters. The number of Topliss-reactive ketones (excluding diaryl/α,β-unsaturated/α-hetero) is 1. The molecule has 4 aliphatic carbocycles. The van der Waals surface area contributed by atoms with Crippen molar-refractivity contribution >= 4 is 5.78 Å². The Morgan fingerprint density at radius 1 is 1.33 bits per heavy atom. The van der Waals surface area contributed by atoms with Gasteiger partial charge in [-0.3, -0.25) is 4.79 Å². The van der Waals surface area contributed by atoms with Crippen LogP contribution in [0.5, 0.6) is 0 Å². The number of ketones is 1. The summed E-state index contributed by atoms with van der Waals surface area (Å²) >= 11 is 0. The van der Waals surface area contributed by atoms with Gasteiger partial charge in [-0.05, 0) is 50.4 Å². The van der Waals surface area contributed by atoms with E-state index in [1.165, 1.54) is 11.1 Å². The predicted octanol–water partition coefficient (Wildman–Crippen LogP) is 2.93. The molecule has 7 atom stereocenters. The van der Waals surface area contributed by atoms with Crippen molar-refractivity contribution in [1.29, 1.82) is 0 Å². The Kier molecular flexibility index (Phi) is 4.34. The molecule has 4 nitrogen and oxygen atoms in total. The maximum atomic E-state index is 12.7. The van der Waals surface area contributed by atoms with E-state index in [-0.39, 0.29) is 17.3 Å². The monoisotopic (exact) mass is 372 g/mol. The molecule has 0 aromatic carbocycles. The van der Waals surface area contributed by atoms with E-state index in [1.807, 2.05) is 19.1 Å². The molecule has 0 aromatic heterocycles. The van der Waals surface area contributed by atoms with Crippen LogP contribution in [0.25, 0.3) is 0 Å². The molecule has 2 fully saturated rings. The molecule has 4 rings (SSSR count). The number of aliphatic hydroxyl groups is 3. The largest absolute Gasteiger partial charge is 0.388 e. The number of aliphatic hydroxyl groups excluding tert-OH is 2. The molecule has 27 heavy (non-hydrogen) atoms. The first kappa shape index (κ1) is 19.1. The average molecular weight is 373 g/mol. The van der Waals surface area contributed by atoms with Crippen molar-refractivity contribution in [1.82, 2.24) is 0 Å². The van der Waals surface area contributed by atoms with Crippen LogP contribution in [0.15, 0.2) is 35.5 Å². The molecule has 0 aromatic rings. The minimum Gasteiger partial charge on any atom is -0.388 e. The van der Waals surface area contributed by atoms with Crippen LogP contribution in [0, 0.1) is 28.6 Å². The number of rotatable bonds is 3. The predicted molar refractivity (Wildman–Crippen MR) is 104 cm³/mol. The number of carbonyl (C=O) groups excluding carboxylic acids is 1. The summed E-state index contributed by atoms with van der Waals surface area (Å²) in [6, 6.07) is 0. The van der Waals surface area contributed by atoms with E-state index in [0.717, 1.165) is 25.7 Å². The van der Waals surface area contributed by atoms with E-state index < -0.39 is 29.5 Å². The zero-order chi connectivity index (χ0) is 19.6. The van der Waals surface area contributed by atoms with Crippen LogP contribution in [0.1, 0.15) is 52.9 Å². The van der Waals surface area contributed by atoms with Crippen molar-refractivity contribution in [3.8, 4) is 0 Å². The fourth-order valence-electron chi connectivity index (χ4n) is 6.94. The second-order valence-corrected chi connectivity index (χ2v) is 9.47. The molecule has 0 radical (unpaired) electrons. The second-order valence-electron chi connectivity index (χ2n) is 9.47. The van der Waals surface area contributed by atoms with E-state index in [4.69, 9.17) is 0 Å². The summed E-state index contributed by atoms with van der Waals surface area (Å²) in [7, 11) is 0. The van der Waals surface area contributed by atoms with E-state index in [2.05, 4.69) is 26.0 Å². The Balaban J connectivity index is 1.79. The molecule has 0 spiro atoms. The Morgan fingerprint density at radius 2 is 2.07 bits per heavy atom. The summed E-state index contributed by atoms with van der Waals surface area (Å²) in [5, 5.41) is 31.2. The second kappa shape index (κ2) is 6.13. The van der Waals surface area contributed by atoms with Crippen molar-refractivity contribution in [3.05, 3.63) is 35.5 Å². The number of allylic oxidation sites excluding steroid dienone is 4. The van der Waals surface area contributed by atoms with Gasteiger partial charge >= 0.3 is 0 Å². The lowest BCUT2D eigenvalue weighted by Crippen LogP contribution is -2.57. The van der Waals surface area contributed by atoms with Crippen molar-refractivity contribution in [2.75, 3.05) is 6.61 Å². The highest BCUT2D eigenvalue weighted by Gasteiger charge is 2.67. The van der Waals surface area contributed by atoms with Gasteiger partial charge in [-0.2, -0.15) is 0 Å². The van der Waals surface area contributed by atoms with Crippen molar-refractivity contribution in [2.45, 2.75) is 64.6 Å². The van der Waals surface area contributed by atoms with Crippen LogP contribution in [0.2, 0.25) is 0 Å². The molecule has 0 amide bonds. The first-order valence-corrected chi connectivity index (χ1v) is 10.4. The minimum absolute atomic E-state index is 0.103. The normalized spacial score (nSPS) is 48.2. The summed E-state index contributed by atoms with van der Waals surface area (Å²) < 4.78 is 0. The Hall–Kier alpha value is -1.23. The highest BCUT2D eigenvalue weighted by atomic mass is 16.3. The third-order valence-electron chi connectivity index (χ3n) is 8.50. The zero-order valence-electron chi connectivity index (χ0n) is 16.6. The van der Waals surface area contributed by atoms with Crippen LogP contribution in [0.3, 0.4) is 0 Å². The van der Waals surface area contributed by atoms with Gasteiger partial charge in [-0.1, -0.05) is 55.7 Å². The van der Waals surface area contributed by atoms with Crippen LogP contribution < -0.4 is 0 Å². The van der Waals surface area contributed by atoms with E-state index in [0.29, 0.717) is 12.3 Å². The maximum Gasteiger partial charge on any atom is 0.190 e. The Morgan fingerprint density at radius 3 is 2.74 bits per heavy atom. The molecule has 4 aliphatic rings. The van der Waals surface area contributed by atoms with Gasteiger partial charge in [0.05, 0.1) is 6.10 Å². The number of fused-ring (bicyclic) bond motifs is 5. The highest BCUT2D eigenvalue weighted by molar-refractivity contribution is 5.90. The number of carbonyl (C=O) groups is 1. The summed E-state index contributed by atoms with van der Waals surface area (Å²) in [6.45, 7) is 5.73. The quantitative estimate of drug-likeness (QED) is 0.666. The van der Waals surface area contributed by atoms with E-state index in [9.17, 15) is 20.1 Å². The summed E-state index contributed by atoms with van der Waals surface area (Å²) in [5.74, 6) is 0.0507. The first-order valence-electron chi connectivity index (χ1n) is 10.4. The summed E-state index contributed by atoms with van der Waals surface area (Å²) in [4.78, 5) is 12.7. The van der Waals surface area contributed by atoms with Crippen LogP contribution in [-0.2, 0) is 4.79 Å². The average Bonchev–Trinajstić information content (AvgIpc) is 2.90. The van der Waals surface area contributed by atoms with Gasteiger partial charge in [0.25, 0.3) is 0 Å². The van der Waals surface area contributed by atoms with Gasteiger partial charge in [0.2, 0.25) is 0 Å². The topological polar surface area (TPSA) is 77.8 Å². The smallest absolute Gasteiger partial charge is 0.190 e. The lowest BCUT2D eigenvalue weighted by atomic mass is 9.51. The van der Waals surface area contributed by atoms with Gasteiger partial charge in [-0.15, -0.1) is 0 Å². The third-order valence-corrected chi connectivity index (χ3v) is 8.50. The highest BCUT2D eigenvalue weighted by Crippen LogP contribution is 2.66. The summed E-state index contributed by atoms with van der Waals surface area (Å²) in [6.07, 6.45) is 11.9. The van der Waals surface area contributed by atoms with Crippen molar-refractivity contribution in [3.63, 3.8) is 0 Å². The van der Waals surface area contributed by atoms with Gasteiger partial charge in [0.1, 0.15) is 12.2 Å². The van der Waals surface area contributed by atoms with Crippen LogP contribution in [0.4, 0.5) is 0 Å². The van der Waals surface area contributed by atoms with Crippen LogP contribution >= 0.6 is 0 Å². The molecular weight excluding hydrogens is 340 g/mol. The van der Waals surface area contributed by atoms with Crippen molar-refractivity contribution < 1.29 is 20.1 Å². The zero-order valence-corrected chi connectivity index (χ0v) is 16.6. The molecule has 0 heterocycles. The minimum atomic E-state index is -1.45. The lowest BCUT2D eigenvalue weighted by molar-refractivity contribution is -0.162. The molecular formula is C23H32O4. The fourth-order valence-corrected chi connectivity index (χ4v) is 6.94. The molecule has 0 saturated heterocycles. The molecule has 3 N–H and O–H groups in total. The fraction of sp³-hybridized carbons (Fsp3) is 0.696. The third kappa shape index (κ3) is 2.30. The standard InChI is InChI=1S/C23H32O4/c1-4-14-12-19-17-6-5-15-11-16(25)7-9-21(15,2)18(17)8-10-22(19,3)23(14,27)20(26)13-24/h7-9,11,14,16-17,19,24-25,27H,4-6,10,12-13H2,1-3H3/t14-,16?,17?,19?,21-,22-,23-/m0/s1. The first-order chi connectivity index (χ1) is 12.7. The Labute approximate surface area is 161 Å². The Bertz CT molecular complexity index is 749. The van der Waals surface area contributed by atoms with Crippen LogP contribution in [-0.4, -0.2) is 39.4 Å². The SMILES string of the molecule is CC[C@H]1CC2C3CCC4=CC(O)C=C[C@]4(C)C3=CC[C@]2(C)[C@@]1(O)C(=O)CO. The van der Waals surface area contributed by atoms with Gasteiger partial charge in [-0.25, -0.2) is 0 Å². The van der Waals surface area contributed by atoms with Crippen molar-refractivity contribution in [2.24, 2.45) is 28.6 Å². The van der Waals surface area contributed by atoms with E-state index >= 15 is 0 Å². The van der Waals surface area contributed by atoms with Gasteiger partial charge < -0.3 is 15.3 Å².